The van der Waals surface area contributed by atoms with E-state index in [1.165, 1.54) is 19.1 Å². The second kappa shape index (κ2) is 5.63. The molecule has 0 bridgehead atoms. The zero-order valence-electron chi connectivity index (χ0n) is 10.2. The average Bonchev–Trinajstić information content (AvgIpc) is 2.38. The second-order valence-electron chi connectivity index (χ2n) is 4.30. The van der Waals surface area contributed by atoms with E-state index in [9.17, 15) is 14.9 Å². The standard InChI is InChI=1S/C11H14N2O6/c1-11(5-14,6-15)12-8-3-2-7(10(16)17)4-9(8)13(18)19/h2-4,12,14-15H,5-6H2,1H3,(H,16,17). The summed E-state index contributed by atoms with van der Waals surface area (Å²) >= 11 is 0. The maximum Gasteiger partial charge on any atom is 0.335 e. The molecule has 19 heavy (non-hydrogen) atoms. The molecule has 0 fully saturated rings. The molecule has 1 aromatic rings. The maximum atomic E-state index is 10.9. The summed E-state index contributed by atoms with van der Waals surface area (Å²) < 4.78 is 0. The number of carbonyl (C=O) groups is 1. The first-order valence-electron chi connectivity index (χ1n) is 5.34. The fourth-order valence-corrected chi connectivity index (χ4v) is 1.38. The molecule has 8 heteroatoms. The van der Waals surface area contributed by atoms with E-state index in [-0.39, 0.29) is 11.3 Å². The largest absolute Gasteiger partial charge is 0.478 e. The van der Waals surface area contributed by atoms with Crippen LogP contribution in [0.4, 0.5) is 11.4 Å². The van der Waals surface area contributed by atoms with Gasteiger partial charge in [0, 0.05) is 6.07 Å². The van der Waals surface area contributed by atoms with E-state index >= 15 is 0 Å². The van der Waals surface area contributed by atoms with Crippen molar-refractivity contribution in [3.8, 4) is 0 Å². The van der Waals surface area contributed by atoms with Gasteiger partial charge in [-0.3, -0.25) is 10.1 Å². The number of nitrogens with one attached hydrogen (secondary N) is 1. The molecule has 0 aliphatic heterocycles. The second-order valence-corrected chi connectivity index (χ2v) is 4.30. The molecule has 0 spiro atoms. The van der Waals surface area contributed by atoms with Crippen LogP contribution in [0.1, 0.15) is 17.3 Å². The lowest BCUT2D eigenvalue weighted by Gasteiger charge is -2.27. The summed E-state index contributed by atoms with van der Waals surface area (Å²) in [6.45, 7) is 0.588. The Morgan fingerprint density at radius 3 is 2.42 bits per heavy atom. The van der Waals surface area contributed by atoms with Crippen LogP contribution in [0.2, 0.25) is 0 Å². The number of nitro groups is 1. The van der Waals surface area contributed by atoms with Crippen molar-refractivity contribution in [1.29, 1.82) is 0 Å². The molecule has 0 saturated heterocycles. The summed E-state index contributed by atoms with van der Waals surface area (Å²) in [6, 6.07) is 3.35. The molecule has 0 radical (unpaired) electrons. The van der Waals surface area contributed by atoms with Crippen molar-refractivity contribution in [2.75, 3.05) is 18.5 Å². The number of aliphatic hydroxyl groups is 2. The highest BCUT2D eigenvalue weighted by atomic mass is 16.6. The van der Waals surface area contributed by atoms with Gasteiger partial charge in [0.1, 0.15) is 5.69 Å². The molecule has 8 nitrogen and oxygen atoms in total. The first kappa shape index (κ1) is 14.9. The molecule has 0 atom stereocenters. The Hall–Kier alpha value is -2.19. The van der Waals surface area contributed by atoms with Gasteiger partial charge in [-0.15, -0.1) is 0 Å². The number of hydrogen-bond donors (Lipinski definition) is 4. The fourth-order valence-electron chi connectivity index (χ4n) is 1.38. The third-order valence-corrected chi connectivity index (χ3v) is 2.58. The van der Waals surface area contributed by atoms with E-state index in [0.717, 1.165) is 6.07 Å². The molecule has 0 saturated carbocycles. The molecule has 0 heterocycles. The van der Waals surface area contributed by atoms with Crippen molar-refractivity contribution in [1.82, 2.24) is 0 Å². The Morgan fingerprint density at radius 1 is 1.42 bits per heavy atom. The fraction of sp³-hybridized carbons (Fsp3) is 0.364. The number of aliphatic hydroxyl groups excluding tert-OH is 2. The van der Waals surface area contributed by atoms with E-state index in [1.54, 1.807) is 0 Å². The van der Waals surface area contributed by atoms with E-state index in [0.29, 0.717) is 0 Å². The van der Waals surface area contributed by atoms with E-state index in [2.05, 4.69) is 5.32 Å². The summed E-state index contributed by atoms with van der Waals surface area (Å²) in [5.74, 6) is -1.28. The number of aromatic carboxylic acids is 1. The maximum absolute atomic E-state index is 10.9. The van der Waals surface area contributed by atoms with Crippen LogP contribution >= 0.6 is 0 Å². The minimum Gasteiger partial charge on any atom is -0.478 e. The summed E-state index contributed by atoms with van der Waals surface area (Å²) in [5, 5.41) is 40.6. The monoisotopic (exact) mass is 270 g/mol. The van der Waals surface area contributed by atoms with Gasteiger partial charge in [0.05, 0.1) is 29.2 Å². The average molecular weight is 270 g/mol. The third-order valence-electron chi connectivity index (χ3n) is 2.58. The van der Waals surface area contributed by atoms with Gasteiger partial charge in [0.2, 0.25) is 0 Å². The minimum atomic E-state index is -1.28. The third kappa shape index (κ3) is 3.39. The summed E-state index contributed by atoms with van der Waals surface area (Å²) in [7, 11) is 0. The molecule has 1 aromatic carbocycles. The molecule has 104 valence electrons. The van der Waals surface area contributed by atoms with E-state index in [4.69, 9.17) is 15.3 Å². The Labute approximate surface area is 108 Å². The Bertz CT molecular complexity index is 498. The minimum absolute atomic E-state index is 0.0283. The topological polar surface area (TPSA) is 133 Å². The number of rotatable bonds is 6. The van der Waals surface area contributed by atoms with Crippen molar-refractivity contribution >= 4 is 17.3 Å². The van der Waals surface area contributed by atoms with Gasteiger partial charge in [0.15, 0.2) is 0 Å². The SMILES string of the molecule is CC(CO)(CO)Nc1ccc(C(=O)O)cc1[N+](=O)[O-]. The first-order chi connectivity index (χ1) is 8.83. The van der Waals surface area contributed by atoms with Crippen molar-refractivity contribution < 1.29 is 25.0 Å². The highest BCUT2D eigenvalue weighted by molar-refractivity contribution is 5.89. The predicted molar refractivity (Wildman–Crippen MR) is 66.3 cm³/mol. The number of carboxylic acid groups (broad SMARTS) is 1. The van der Waals surface area contributed by atoms with Gasteiger partial charge in [-0.1, -0.05) is 0 Å². The number of carboxylic acids is 1. The van der Waals surface area contributed by atoms with Gasteiger partial charge in [-0.2, -0.15) is 0 Å². The number of hydrogen-bond acceptors (Lipinski definition) is 6. The van der Waals surface area contributed by atoms with Crippen molar-refractivity contribution in [3.05, 3.63) is 33.9 Å². The Balaban J connectivity index is 3.21. The quantitative estimate of drug-likeness (QED) is 0.435. The number of nitro benzene ring substituents is 1. The van der Waals surface area contributed by atoms with Crippen LogP contribution in [0.15, 0.2) is 18.2 Å². The van der Waals surface area contributed by atoms with Crippen LogP contribution < -0.4 is 5.32 Å². The predicted octanol–water partition coefficient (Wildman–Crippen LogP) is 0.448. The van der Waals surface area contributed by atoms with E-state index < -0.39 is 35.3 Å². The normalized spacial score (nSPS) is 11.1. The van der Waals surface area contributed by atoms with E-state index in [1.807, 2.05) is 0 Å². The van der Waals surface area contributed by atoms with Crippen LogP contribution in [-0.2, 0) is 0 Å². The summed E-state index contributed by atoms with van der Waals surface area (Å²) in [6.07, 6.45) is 0. The Kier molecular flexibility index (Phi) is 4.41. The number of anilines is 1. The zero-order valence-corrected chi connectivity index (χ0v) is 10.2. The molecule has 0 amide bonds. The molecule has 0 aromatic heterocycles. The van der Waals surface area contributed by atoms with Crippen LogP contribution in [0.25, 0.3) is 0 Å². The summed E-state index contributed by atoms with van der Waals surface area (Å²) in [5.41, 5.74) is -1.77. The molecule has 0 unspecified atom stereocenters. The lowest BCUT2D eigenvalue weighted by atomic mass is 10.0. The molecule has 1 rings (SSSR count). The van der Waals surface area contributed by atoms with Crippen molar-refractivity contribution in [2.45, 2.75) is 12.5 Å². The molecular weight excluding hydrogens is 256 g/mol. The Morgan fingerprint density at radius 2 is 2.00 bits per heavy atom. The van der Waals surface area contributed by atoms with Crippen molar-refractivity contribution in [3.63, 3.8) is 0 Å². The van der Waals surface area contributed by atoms with Crippen LogP contribution in [0.5, 0.6) is 0 Å². The van der Waals surface area contributed by atoms with Crippen LogP contribution in [0.3, 0.4) is 0 Å². The molecule has 0 aliphatic carbocycles. The van der Waals surface area contributed by atoms with Crippen LogP contribution in [-0.4, -0.2) is 45.0 Å². The highest BCUT2D eigenvalue weighted by Gasteiger charge is 2.26. The smallest absolute Gasteiger partial charge is 0.335 e. The van der Waals surface area contributed by atoms with Gasteiger partial charge in [-0.25, -0.2) is 4.79 Å². The lowest BCUT2D eigenvalue weighted by molar-refractivity contribution is -0.384. The molecule has 0 aliphatic rings. The van der Waals surface area contributed by atoms with Gasteiger partial charge in [-0.05, 0) is 19.1 Å². The number of nitrogens with zero attached hydrogens (tertiary/aromatic N) is 1. The molecule has 4 N–H and O–H groups in total. The van der Waals surface area contributed by atoms with Gasteiger partial charge >= 0.3 is 5.97 Å². The van der Waals surface area contributed by atoms with Crippen molar-refractivity contribution in [2.24, 2.45) is 0 Å². The van der Waals surface area contributed by atoms with Gasteiger partial charge < -0.3 is 20.6 Å². The number of benzene rings is 1. The zero-order chi connectivity index (χ0) is 14.6. The highest BCUT2D eigenvalue weighted by Crippen LogP contribution is 2.28. The first-order valence-corrected chi connectivity index (χ1v) is 5.34. The van der Waals surface area contributed by atoms with Gasteiger partial charge in [0.25, 0.3) is 5.69 Å². The molecular formula is C11H14N2O6. The lowest BCUT2D eigenvalue weighted by Crippen LogP contribution is -2.42. The summed E-state index contributed by atoms with van der Waals surface area (Å²) in [4.78, 5) is 20.9. The van der Waals surface area contributed by atoms with Crippen LogP contribution in [0, 0.1) is 10.1 Å².